The maximum atomic E-state index is 2.43. The molecule has 0 radical (unpaired) electrons. The summed E-state index contributed by atoms with van der Waals surface area (Å²) in [4.78, 5) is 0. The molecule has 0 aliphatic rings. The first kappa shape index (κ1) is 11.4. The lowest BCUT2D eigenvalue weighted by molar-refractivity contribution is 0.493. The van der Waals surface area contributed by atoms with E-state index in [1.165, 1.54) is 12.3 Å². The van der Waals surface area contributed by atoms with Crippen LogP contribution in [0.3, 0.4) is 0 Å². The summed E-state index contributed by atoms with van der Waals surface area (Å²) < 4.78 is 0. The van der Waals surface area contributed by atoms with Gasteiger partial charge in [-0.25, -0.2) is 0 Å². The second-order valence-electron chi connectivity index (χ2n) is 3.98. The van der Waals surface area contributed by atoms with Gasteiger partial charge in [0, 0.05) is 0 Å². The molecule has 0 aliphatic heterocycles. The third-order valence-corrected chi connectivity index (χ3v) is 6.66. The molecule has 0 saturated carbocycles. The molecule has 0 saturated heterocycles. The zero-order valence-corrected chi connectivity index (χ0v) is 9.83. The van der Waals surface area contributed by atoms with E-state index in [4.69, 9.17) is 0 Å². The lowest BCUT2D eigenvalue weighted by Crippen LogP contribution is -2.26. The summed E-state index contributed by atoms with van der Waals surface area (Å²) in [6.07, 6.45) is 2.77. The van der Waals surface area contributed by atoms with Gasteiger partial charge in [-0.05, 0) is 23.4 Å². The second kappa shape index (κ2) is 4.45. The van der Waals surface area contributed by atoms with Crippen LogP contribution in [0, 0.1) is 5.92 Å². The topological polar surface area (TPSA) is 0 Å². The predicted octanol–water partition coefficient (Wildman–Crippen LogP) is 3.94. The van der Waals surface area contributed by atoms with Crippen LogP contribution in [0.15, 0.2) is 0 Å². The van der Waals surface area contributed by atoms with E-state index in [2.05, 4.69) is 41.5 Å². The van der Waals surface area contributed by atoms with Crippen molar-refractivity contribution < 1.29 is 0 Å². The van der Waals surface area contributed by atoms with Gasteiger partial charge in [-0.2, -0.15) is 0 Å². The van der Waals surface area contributed by atoms with Crippen molar-refractivity contribution in [1.29, 1.82) is 0 Å². The Morgan fingerprint density at radius 1 is 1.09 bits per heavy atom. The molecular weight excluding hydrogens is 151 g/mol. The zero-order valence-electron chi connectivity index (χ0n) is 8.94. The average molecular weight is 174 g/mol. The van der Waals surface area contributed by atoms with E-state index in [1.807, 2.05) is 0 Å². The third-order valence-electron chi connectivity index (χ3n) is 2.99. The molecule has 0 atom stereocenters. The Morgan fingerprint density at radius 3 is 1.55 bits per heavy atom. The number of rotatable bonds is 4. The van der Waals surface area contributed by atoms with Crippen LogP contribution in [0.1, 0.15) is 41.5 Å². The van der Waals surface area contributed by atoms with Crippen LogP contribution in [0.25, 0.3) is 0 Å². The Morgan fingerprint density at radius 2 is 1.45 bits per heavy atom. The Hall–Kier alpha value is 0.430. The molecular formula is C10H23P. The van der Waals surface area contributed by atoms with E-state index >= 15 is 0 Å². The SMILES string of the molecule is CCP(CC)C(C)(C)C(C)C. The highest BCUT2D eigenvalue weighted by Gasteiger charge is 2.29. The van der Waals surface area contributed by atoms with Crippen LogP contribution in [-0.2, 0) is 0 Å². The van der Waals surface area contributed by atoms with Gasteiger partial charge in [0.05, 0.1) is 0 Å². The fraction of sp³-hybridized carbons (Fsp3) is 1.00. The largest absolute Gasteiger partial charge is 0.101 e. The van der Waals surface area contributed by atoms with Crippen molar-refractivity contribution in [3.8, 4) is 0 Å². The van der Waals surface area contributed by atoms with Crippen LogP contribution in [0.5, 0.6) is 0 Å². The zero-order chi connectivity index (χ0) is 9.07. The normalized spacial score (nSPS) is 13.1. The van der Waals surface area contributed by atoms with Gasteiger partial charge < -0.3 is 0 Å². The summed E-state index contributed by atoms with van der Waals surface area (Å²) in [6, 6.07) is 0. The molecule has 0 aromatic heterocycles. The van der Waals surface area contributed by atoms with Crippen LogP contribution < -0.4 is 0 Å². The first-order valence-electron chi connectivity index (χ1n) is 4.71. The van der Waals surface area contributed by atoms with Gasteiger partial charge in [-0.3, -0.25) is 0 Å². The van der Waals surface area contributed by atoms with Crippen molar-refractivity contribution in [2.45, 2.75) is 46.7 Å². The molecule has 0 amide bonds. The Kier molecular flexibility index (Phi) is 4.63. The lowest BCUT2D eigenvalue weighted by atomic mass is 9.99. The summed E-state index contributed by atoms with van der Waals surface area (Å²) in [7, 11) is 0.261. The molecule has 0 bridgehead atoms. The minimum absolute atomic E-state index is 0.261. The predicted molar refractivity (Wildman–Crippen MR) is 56.9 cm³/mol. The van der Waals surface area contributed by atoms with Gasteiger partial charge in [-0.1, -0.05) is 41.5 Å². The molecule has 0 N–H and O–H groups in total. The minimum Gasteiger partial charge on any atom is -0.101 e. The molecule has 1 heteroatoms. The molecule has 0 aromatic carbocycles. The number of hydrogen-bond acceptors (Lipinski definition) is 0. The minimum atomic E-state index is 0.261. The van der Waals surface area contributed by atoms with Gasteiger partial charge in [0.1, 0.15) is 0 Å². The van der Waals surface area contributed by atoms with E-state index < -0.39 is 0 Å². The average Bonchev–Trinajstić information content (AvgIpc) is 1.89. The van der Waals surface area contributed by atoms with Crippen LogP contribution in [-0.4, -0.2) is 17.5 Å². The van der Waals surface area contributed by atoms with Crippen molar-refractivity contribution in [2.24, 2.45) is 5.92 Å². The maximum Gasteiger partial charge on any atom is -0.0128 e. The van der Waals surface area contributed by atoms with Gasteiger partial charge in [-0.15, -0.1) is 7.92 Å². The molecule has 0 nitrogen and oxygen atoms in total. The van der Waals surface area contributed by atoms with Crippen molar-refractivity contribution in [3.05, 3.63) is 0 Å². The highest BCUT2D eigenvalue weighted by atomic mass is 31.1. The molecule has 0 aromatic rings. The fourth-order valence-electron chi connectivity index (χ4n) is 1.40. The van der Waals surface area contributed by atoms with E-state index in [0.717, 1.165) is 5.92 Å². The first-order chi connectivity index (χ1) is 4.96. The Bertz CT molecular complexity index is 101. The van der Waals surface area contributed by atoms with E-state index in [1.54, 1.807) is 0 Å². The molecule has 0 aliphatic carbocycles. The molecule has 68 valence electrons. The van der Waals surface area contributed by atoms with E-state index in [-0.39, 0.29) is 7.92 Å². The smallest absolute Gasteiger partial charge is 0.0128 e. The van der Waals surface area contributed by atoms with Gasteiger partial charge in [0.2, 0.25) is 0 Å². The summed E-state index contributed by atoms with van der Waals surface area (Å²) in [5.74, 6) is 0.827. The van der Waals surface area contributed by atoms with Gasteiger partial charge >= 0.3 is 0 Å². The summed E-state index contributed by atoms with van der Waals surface area (Å²) in [6.45, 7) is 14.2. The van der Waals surface area contributed by atoms with Crippen LogP contribution in [0.2, 0.25) is 0 Å². The van der Waals surface area contributed by atoms with Gasteiger partial charge in [0.15, 0.2) is 0 Å². The van der Waals surface area contributed by atoms with Crippen molar-refractivity contribution in [3.63, 3.8) is 0 Å². The molecule has 0 heterocycles. The van der Waals surface area contributed by atoms with Crippen LogP contribution >= 0.6 is 7.92 Å². The van der Waals surface area contributed by atoms with Crippen molar-refractivity contribution in [1.82, 2.24) is 0 Å². The fourth-order valence-corrected chi connectivity index (χ4v) is 4.21. The quantitative estimate of drug-likeness (QED) is 0.566. The van der Waals surface area contributed by atoms with E-state index in [9.17, 15) is 0 Å². The summed E-state index contributed by atoms with van der Waals surface area (Å²) >= 11 is 0. The maximum absolute atomic E-state index is 2.43. The first-order valence-corrected chi connectivity index (χ1v) is 6.43. The standard InChI is InChI=1S/C10H23P/c1-7-11(8-2)10(5,6)9(3)4/h9H,7-8H2,1-6H3. The van der Waals surface area contributed by atoms with Gasteiger partial charge in [0.25, 0.3) is 0 Å². The van der Waals surface area contributed by atoms with Crippen molar-refractivity contribution in [2.75, 3.05) is 12.3 Å². The monoisotopic (exact) mass is 174 g/mol. The van der Waals surface area contributed by atoms with Crippen LogP contribution in [0.4, 0.5) is 0 Å². The second-order valence-corrected chi connectivity index (χ2v) is 7.48. The molecule has 0 unspecified atom stereocenters. The molecule has 11 heavy (non-hydrogen) atoms. The number of hydrogen-bond donors (Lipinski definition) is 0. The molecule has 0 fully saturated rings. The molecule has 0 spiro atoms. The molecule has 0 rings (SSSR count). The summed E-state index contributed by atoms with van der Waals surface area (Å²) in [5.41, 5.74) is 0. The Labute approximate surface area is 73.5 Å². The lowest BCUT2D eigenvalue weighted by Gasteiger charge is -2.37. The Balaban J connectivity index is 4.24. The third kappa shape index (κ3) is 2.75. The highest BCUT2D eigenvalue weighted by Crippen LogP contribution is 2.52. The summed E-state index contributed by atoms with van der Waals surface area (Å²) in [5, 5.41) is 0.582. The highest BCUT2D eigenvalue weighted by molar-refractivity contribution is 7.59. The van der Waals surface area contributed by atoms with E-state index in [0.29, 0.717) is 5.16 Å². The van der Waals surface area contributed by atoms with Crippen molar-refractivity contribution >= 4 is 7.92 Å².